The number of hydrogen-bond acceptors (Lipinski definition) is 1. The molecule has 0 spiro atoms. The molecule has 0 fully saturated rings. The van der Waals surface area contributed by atoms with Crippen molar-refractivity contribution in [3.8, 4) is 44.5 Å². The van der Waals surface area contributed by atoms with Crippen molar-refractivity contribution < 1.29 is 4.89 Å². The molecule has 0 bridgehead atoms. The second-order valence-corrected chi connectivity index (χ2v) is 19.1. The molecule has 6 aromatic carbocycles. The van der Waals surface area contributed by atoms with E-state index >= 15 is 0 Å². The minimum absolute atomic E-state index is 0.0646. The number of rotatable bonds is 4. The molecule has 1 atom stereocenters. The monoisotopic (exact) mass is 730 g/mol. The summed E-state index contributed by atoms with van der Waals surface area (Å²) in [5, 5.41) is 5.39. The molecule has 1 aliphatic rings. The summed E-state index contributed by atoms with van der Waals surface area (Å²) >= 11 is 0. The van der Waals surface area contributed by atoms with Crippen molar-refractivity contribution >= 4 is 9.47 Å². The Kier molecular flexibility index (Phi) is 10.5. The van der Waals surface area contributed by atoms with Gasteiger partial charge in [0.05, 0.1) is 0 Å². The van der Waals surface area contributed by atoms with Crippen LogP contribution in [-0.4, -0.2) is 4.89 Å². The average Bonchev–Trinajstić information content (AvgIpc) is 3.12. The zero-order valence-electron chi connectivity index (χ0n) is 34.6. The number of hydrogen-bond donors (Lipinski definition) is 1. The Balaban J connectivity index is 0.00000245. The van der Waals surface area contributed by atoms with Gasteiger partial charge in [0.1, 0.15) is 0 Å². The molecule has 54 heavy (non-hydrogen) atoms. The Morgan fingerprint density at radius 1 is 0.296 bits per heavy atom. The first-order valence-electron chi connectivity index (χ1n) is 19.4. The van der Waals surface area contributed by atoms with E-state index in [4.69, 9.17) is 4.89 Å². The van der Waals surface area contributed by atoms with E-state index in [9.17, 15) is 0 Å². The lowest BCUT2D eigenvalue weighted by Crippen LogP contribution is -2.11. The fourth-order valence-corrected chi connectivity index (χ4v) is 7.85. The van der Waals surface area contributed by atoms with Gasteiger partial charge in [-0.25, -0.2) is 0 Å². The molecule has 0 radical (unpaired) electrons. The van der Waals surface area contributed by atoms with Crippen LogP contribution < -0.4 is 0 Å². The van der Waals surface area contributed by atoms with Crippen LogP contribution >= 0.6 is 9.47 Å². The van der Waals surface area contributed by atoms with E-state index in [1.54, 1.807) is 0 Å². The van der Waals surface area contributed by atoms with E-state index in [2.05, 4.69) is 204 Å². The maximum atomic E-state index is 6.92. The molecule has 0 saturated heterocycles. The molecule has 0 aromatic heterocycles. The Morgan fingerprint density at radius 2 is 0.500 bits per heavy atom. The lowest BCUT2D eigenvalue weighted by molar-refractivity contribution is 0.590. The van der Waals surface area contributed by atoms with Crippen LogP contribution in [0.2, 0.25) is 0 Å². The summed E-state index contributed by atoms with van der Waals surface area (Å²) in [5.74, 6) is 0. The van der Waals surface area contributed by atoms with Crippen molar-refractivity contribution in [2.45, 2.75) is 105 Å². The van der Waals surface area contributed by atoms with Crippen LogP contribution in [0.25, 0.3) is 44.5 Å². The quantitative estimate of drug-likeness (QED) is 0.179. The van der Waals surface area contributed by atoms with Gasteiger partial charge in [0.25, 0.3) is 0 Å². The Morgan fingerprint density at radius 3 is 0.704 bits per heavy atom. The predicted octanol–water partition coefficient (Wildman–Crippen LogP) is 14.2. The third-order valence-electron chi connectivity index (χ3n) is 11.1. The highest BCUT2D eigenvalue weighted by Gasteiger charge is 2.27. The fraction of sp³-hybridized carbons (Fsp3) is 0.308. The van der Waals surface area contributed by atoms with Gasteiger partial charge in [0, 0.05) is 0 Å². The lowest BCUT2D eigenvalue weighted by atomic mass is 9.76. The first-order chi connectivity index (χ1) is 25.3. The number of benzene rings is 6. The second-order valence-electron chi connectivity index (χ2n) is 19.1. The van der Waals surface area contributed by atoms with Gasteiger partial charge in [-0.2, -0.15) is 0 Å². The van der Waals surface area contributed by atoms with Crippen molar-refractivity contribution in [1.29, 1.82) is 0 Å². The van der Waals surface area contributed by atoms with E-state index in [0.29, 0.717) is 0 Å². The Hall–Kier alpha value is -4.29. The van der Waals surface area contributed by atoms with E-state index < -0.39 is 0 Å². The van der Waals surface area contributed by atoms with Crippen LogP contribution in [0.4, 0.5) is 0 Å². The minimum Gasteiger partial charge on any atom is -0.380 e. The van der Waals surface area contributed by atoms with E-state index in [1.807, 2.05) is 0 Å². The molecule has 278 valence electrons. The number of fused-ring (bicyclic) bond motifs is 2. The molecule has 1 nitrogen and oxygen atoms in total. The summed E-state index contributed by atoms with van der Waals surface area (Å²) in [7, 11) is 1.42. The summed E-state index contributed by atoms with van der Waals surface area (Å²) in [6, 6.07) is 46.8. The summed E-state index contributed by atoms with van der Waals surface area (Å²) in [6.07, 6.45) is 0. The van der Waals surface area contributed by atoms with Gasteiger partial charge in [-0.3, -0.25) is 0 Å². The Labute approximate surface area is 326 Å². The first kappa shape index (κ1) is 39.4. The first-order valence-corrected chi connectivity index (χ1v) is 19.9. The van der Waals surface area contributed by atoms with Crippen molar-refractivity contribution in [3.63, 3.8) is 0 Å². The third-order valence-corrected chi connectivity index (χ3v) is 11.1. The van der Waals surface area contributed by atoms with E-state index in [1.165, 1.54) is 97.1 Å². The molecule has 2 heteroatoms. The molecule has 0 saturated carbocycles. The molecule has 0 amide bonds. The molecule has 7 rings (SSSR count). The largest absolute Gasteiger partial charge is 0.380 e. The summed E-state index contributed by atoms with van der Waals surface area (Å²) in [5.41, 5.74) is 15.9. The molecular weight excluding hydrogens is 672 g/mol. The maximum Gasteiger partial charge on any atom is -0.000741 e. The average molecular weight is 731 g/mol. The Bertz CT molecular complexity index is 2300. The summed E-state index contributed by atoms with van der Waals surface area (Å²) in [6.45, 7) is 27.6. The normalized spacial score (nSPS) is 12.6. The molecule has 0 aliphatic heterocycles. The molecular formula is C52H59OP. The van der Waals surface area contributed by atoms with Gasteiger partial charge in [-0.15, -0.1) is 0 Å². The third kappa shape index (κ3) is 7.39. The molecule has 0 heterocycles. The van der Waals surface area contributed by atoms with E-state index in [0.717, 1.165) is 0 Å². The van der Waals surface area contributed by atoms with E-state index in [-0.39, 0.29) is 21.7 Å². The molecule has 1 N–H and O–H groups in total. The highest BCUT2D eigenvalue weighted by Crippen LogP contribution is 2.49. The van der Waals surface area contributed by atoms with Gasteiger partial charge in [0.2, 0.25) is 0 Å². The molecule has 1 unspecified atom stereocenters. The van der Waals surface area contributed by atoms with Gasteiger partial charge in [0.15, 0.2) is 0 Å². The second kappa shape index (κ2) is 14.4. The molecule has 1 aliphatic carbocycles. The zero-order chi connectivity index (χ0) is 39.4. The lowest BCUT2D eigenvalue weighted by Gasteiger charge is -2.27. The topological polar surface area (TPSA) is 20.2 Å². The van der Waals surface area contributed by atoms with Gasteiger partial charge >= 0.3 is 0 Å². The van der Waals surface area contributed by atoms with Gasteiger partial charge in [-0.05, 0) is 119 Å². The highest BCUT2D eigenvalue weighted by molar-refractivity contribution is 7.08. The van der Waals surface area contributed by atoms with Crippen molar-refractivity contribution in [1.82, 2.24) is 0 Å². The SMILES string of the molecule is CC(C)(C)c1ccc(-c2c(-c3ccc(C(C)(C)C)cc3)c(-c3ccc(C(C)(C)C)cc3)c3c(c2-c2ccc(C(C)(C)C)cc2)=c2ccccc2=3)cc1.OP. The maximum absolute atomic E-state index is 6.92. The summed E-state index contributed by atoms with van der Waals surface area (Å²) in [4.78, 5) is 6.92. The van der Waals surface area contributed by atoms with Crippen molar-refractivity contribution in [3.05, 3.63) is 164 Å². The highest BCUT2D eigenvalue weighted by atomic mass is 31.0. The van der Waals surface area contributed by atoms with Crippen LogP contribution in [0, 0.1) is 20.9 Å². The van der Waals surface area contributed by atoms with Crippen LogP contribution in [0.3, 0.4) is 0 Å². The summed E-state index contributed by atoms with van der Waals surface area (Å²) < 4.78 is 0. The standard InChI is InChI=1S/C52H56.H3OP/c1-49(2,3)37-25-17-33(18-26-37)43-44(34-19-27-38(28-20-34)50(4,5)6)46(36-23-31-40(32-24-36)52(10,11)12)48-42-16-14-13-15-41(42)47(48)45(43)35-21-29-39(30-22-35)51(7,8)9;1-2/h13-32H,1-12H3;1H,2H2. The zero-order valence-corrected chi connectivity index (χ0v) is 35.7. The van der Waals surface area contributed by atoms with Gasteiger partial charge < -0.3 is 4.89 Å². The van der Waals surface area contributed by atoms with Crippen molar-refractivity contribution in [2.24, 2.45) is 0 Å². The van der Waals surface area contributed by atoms with Crippen LogP contribution in [-0.2, 0) is 21.7 Å². The minimum atomic E-state index is 0.0646. The fourth-order valence-electron chi connectivity index (χ4n) is 7.85. The van der Waals surface area contributed by atoms with Gasteiger partial charge in [-0.1, -0.05) is 204 Å². The van der Waals surface area contributed by atoms with Crippen LogP contribution in [0.1, 0.15) is 105 Å². The molecule has 6 aromatic rings. The smallest absolute Gasteiger partial charge is 0.000741 e. The van der Waals surface area contributed by atoms with Crippen molar-refractivity contribution in [2.75, 3.05) is 0 Å². The van der Waals surface area contributed by atoms with Crippen LogP contribution in [0.5, 0.6) is 0 Å². The van der Waals surface area contributed by atoms with Crippen LogP contribution in [0.15, 0.2) is 121 Å². The predicted molar refractivity (Wildman–Crippen MR) is 237 cm³/mol.